The number of allylic oxidation sites excluding steroid dienone is 8. The molecule has 30 heavy (non-hydrogen) atoms. The highest BCUT2D eigenvalue weighted by molar-refractivity contribution is 8.10. The first-order valence-corrected chi connectivity index (χ1v) is 14.0. The van der Waals surface area contributed by atoms with E-state index in [1.165, 1.54) is 25.7 Å². The molecule has 0 fully saturated rings. The maximum absolute atomic E-state index is 12.0. The second-order valence-electron chi connectivity index (χ2n) is 8.55. The van der Waals surface area contributed by atoms with Crippen molar-refractivity contribution >= 4 is 24.3 Å². The molecule has 0 radical (unpaired) electrons. The zero-order valence-corrected chi connectivity index (χ0v) is 21.6. The van der Waals surface area contributed by atoms with Gasteiger partial charge in [0.15, 0.2) is 5.52 Å². The van der Waals surface area contributed by atoms with E-state index >= 15 is 0 Å². The average molecular weight is 455 g/mol. The minimum absolute atomic E-state index is 0.132. The Balaban J connectivity index is 3.64. The lowest BCUT2D eigenvalue weighted by molar-refractivity contribution is -0.870. The molecule has 0 aromatic rings. The molecule has 0 saturated heterocycles. The second-order valence-corrected chi connectivity index (χ2v) is 11.1. The Kier molecular flexibility index (Phi) is 19.6. The lowest BCUT2D eigenvalue weighted by Gasteiger charge is -2.23. The summed E-state index contributed by atoms with van der Waals surface area (Å²) in [5.41, 5.74) is 0.132. The van der Waals surface area contributed by atoms with E-state index in [1.54, 1.807) is 0 Å². The fraction of sp³-hybridized carbons (Fsp3) is 0.640. The number of quaternary nitrogens is 1. The Hall–Kier alpha value is -0.800. The molecule has 0 aromatic heterocycles. The number of hydrogen-bond donors (Lipinski definition) is 0. The predicted molar refractivity (Wildman–Crippen MR) is 138 cm³/mol. The van der Waals surface area contributed by atoms with Crippen molar-refractivity contribution in [1.82, 2.24) is 0 Å². The third-order valence-corrected chi connectivity index (χ3v) is 6.66. The van der Waals surface area contributed by atoms with Crippen LogP contribution >= 0.6 is 6.92 Å². The average Bonchev–Trinajstić information content (AvgIpc) is 2.69. The van der Waals surface area contributed by atoms with Crippen molar-refractivity contribution in [3.8, 4) is 0 Å². The number of unbranched alkanes of at least 4 members (excludes halogenated alkanes) is 4. The number of likely N-dealkylation sites (N-methyl/N-ethyl adjacent to an activating group) is 1. The Bertz CT molecular complexity index is 574. The SMILES string of the molecule is CCCCC/C=C\C/C=C\C/C=C\C/C=C\CCCC(=O)[PH](=S)OCC[N+](C)(C)C. The molecule has 0 spiro atoms. The van der Waals surface area contributed by atoms with Gasteiger partial charge in [-0.15, -0.1) is 0 Å². The van der Waals surface area contributed by atoms with Gasteiger partial charge in [-0.25, -0.2) is 0 Å². The van der Waals surface area contributed by atoms with E-state index in [1.807, 2.05) is 0 Å². The Morgan fingerprint density at radius 1 is 0.833 bits per heavy atom. The smallest absolute Gasteiger partial charge is 0.186 e. The topological polar surface area (TPSA) is 26.3 Å². The normalized spacial score (nSPS) is 14.0. The van der Waals surface area contributed by atoms with Gasteiger partial charge in [-0.2, -0.15) is 0 Å². The second kappa shape index (κ2) is 20.1. The van der Waals surface area contributed by atoms with Crippen LogP contribution in [0.1, 0.15) is 71.1 Å². The largest absolute Gasteiger partial charge is 0.340 e. The van der Waals surface area contributed by atoms with Crippen molar-refractivity contribution in [3.05, 3.63) is 48.6 Å². The van der Waals surface area contributed by atoms with Gasteiger partial charge >= 0.3 is 0 Å². The van der Waals surface area contributed by atoms with Crippen LogP contribution < -0.4 is 0 Å². The van der Waals surface area contributed by atoms with Crippen LogP contribution in [0.15, 0.2) is 48.6 Å². The fourth-order valence-electron chi connectivity index (χ4n) is 2.54. The fourth-order valence-corrected chi connectivity index (χ4v) is 3.91. The van der Waals surface area contributed by atoms with E-state index in [2.05, 4.69) is 76.7 Å². The summed E-state index contributed by atoms with van der Waals surface area (Å²) in [4.78, 5) is 12.0. The summed E-state index contributed by atoms with van der Waals surface area (Å²) in [6, 6.07) is 0. The molecule has 0 rings (SSSR count). The Morgan fingerprint density at radius 3 is 1.83 bits per heavy atom. The molecule has 0 aliphatic heterocycles. The highest BCUT2D eigenvalue weighted by atomic mass is 32.4. The van der Waals surface area contributed by atoms with Gasteiger partial charge in [-0.3, -0.25) is 4.79 Å². The van der Waals surface area contributed by atoms with Gasteiger partial charge < -0.3 is 9.01 Å². The maximum Gasteiger partial charge on any atom is 0.186 e. The summed E-state index contributed by atoms with van der Waals surface area (Å²) in [6.07, 6.45) is 28.2. The van der Waals surface area contributed by atoms with Crippen LogP contribution in [0.2, 0.25) is 0 Å². The Labute approximate surface area is 192 Å². The van der Waals surface area contributed by atoms with Crippen molar-refractivity contribution in [2.24, 2.45) is 0 Å². The first-order valence-electron chi connectivity index (χ1n) is 11.5. The molecule has 5 heteroatoms. The molecule has 3 nitrogen and oxygen atoms in total. The van der Waals surface area contributed by atoms with Gasteiger partial charge in [-0.05, 0) is 44.9 Å². The zero-order chi connectivity index (χ0) is 22.5. The van der Waals surface area contributed by atoms with Gasteiger partial charge in [0, 0.05) is 6.42 Å². The van der Waals surface area contributed by atoms with Crippen LogP contribution in [0.3, 0.4) is 0 Å². The highest BCUT2D eigenvalue weighted by Crippen LogP contribution is 2.26. The summed E-state index contributed by atoms with van der Waals surface area (Å²) in [6.45, 7) is 1.97. The lowest BCUT2D eigenvalue weighted by atomic mass is 10.2. The molecule has 0 aliphatic carbocycles. The van der Waals surface area contributed by atoms with Crippen LogP contribution in [-0.4, -0.2) is 44.3 Å². The first-order chi connectivity index (χ1) is 14.4. The summed E-state index contributed by atoms with van der Waals surface area (Å²) >= 11 is 5.25. The van der Waals surface area contributed by atoms with Crippen LogP contribution in [0.5, 0.6) is 0 Å². The molecule has 1 unspecified atom stereocenters. The van der Waals surface area contributed by atoms with Gasteiger partial charge in [0.2, 0.25) is 0 Å². The van der Waals surface area contributed by atoms with Crippen molar-refractivity contribution in [1.29, 1.82) is 0 Å². The standard InChI is InChI=1S/C25H45NO2PS/c1-5-6-7-8-9-10-11-12-13-14-15-16-17-18-19-20-21-22-25(27)29(30)28-24-23-26(2,3)4/h9-10,12-13,15-16,18-19,29H,5-8,11,14,17,20-24H2,1-4H3/q+1/b10-9-,13-12-,16-15-,19-18-. The van der Waals surface area contributed by atoms with Crippen molar-refractivity contribution < 1.29 is 13.8 Å². The summed E-state index contributed by atoms with van der Waals surface area (Å²) in [7, 11) is 6.32. The molecule has 0 heterocycles. The minimum Gasteiger partial charge on any atom is -0.340 e. The molecule has 0 amide bonds. The number of carbonyl (C=O) groups is 1. The van der Waals surface area contributed by atoms with E-state index in [4.69, 9.17) is 16.3 Å². The number of hydrogen-bond acceptors (Lipinski definition) is 3. The summed E-state index contributed by atoms with van der Waals surface area (Å²) in [5.74, 6) is 0. The molecule has 0 aromatic carbocycles. The van der Waals surface area contributed by atoms with Gasteiger partial charge in [0.05, 0.1) is 21.1 Å². The Morgan fingerprint density at radius 2 is 1.33 bits per heavy atom. The van der Waals surface area contributed by atoms with Gasteiger partial charge in [0.25, 0.3) is 0 Å². The summed E-state index contributed by atoms with van der Waals surface area (Å²) < 4.78 is 6.40. The summed E-state index contributed by atoms with van der Waals surface area (Å²) in [5, 5.41) is 0. The van der Waals surface area contributed by atoms with Crippen LogP contribution in [-0.2, 0) is 21.1 Å². The molecule has 0 bridgehead atoms. The third kappa shape index (κ3) is 21.9. The van der Waals surface area contributed by atoms with Gasteiger partial charge in [-0.1, -0.05) is 80.2 Å². The number of rotatable bonds is 19. The molecule has 0 N–H and O–H groups in total. The van der Waals surface area contributed by atoms with Crippen LogP contribution in [0, 0.1) is 0 Å². The van der Waals surface area contributed by atoms with E-state index in [0.717, 1.165) is 43.1 Å². The molecule has 1 atom stereocenters. The third-order valence-electron chi connectivity index (χ3n) is 4.46. The predicted octanol–water partition coefficient (Wildman–Crippen LogP) is 6.97. The monoisotopic (exact) mass is 454 g/mol. The quantitative estimate of drug-likeness (QED) is 0.0912. The molecule has 0 saturated carbocycles. The van der Waals surface area contributed by atoms with Crippen molar-refractivity contribution in [3.63, 3.8) is 0 Å². The molecule has 172 valence electrons. The van der Waals surface area contributed by atoms with Crippen LogP contribution in [0.25, 0.3) is 0 Å². The van der Waals surface area contributed by atoms with E-state index in [-0.39, 0.29) is 5.52 Å². The minimum atomic E-state index is -1.72. The lowest BCUT2D eigenvalue weighted by Crippen LogP contribution is -2.37. The van der Waals surface area contributed by atoms with E-state index < -0.39 is 6.92 Å². The zero-order valence-electron chi connectivity index (χ0n) is 19.8. The maximum atomic E-state index is 12.0. The number of nitrogens with zero attached hydrogens (tertiary/aromatic N) is 1. The van der Waals surface area contributed by atoms with Crippen molar-refractivity contribution in [2.75, 3.05) is 34.3 Å². The van der Waals surface area contributed by atoms with Crippen LogP contribution in [0.4, 0.5) is 0 Å². The molecular weight excluding hydrogens is 409 g/mol. The van der Waals surface area contributed by atoms with E-state index in [9.17, 15) is 4.79 Å². The number of carbonyl (C=O) groups excluding carboxylic acids is 1. The van der Waals surface area contributed by atoms with Gasteiger partial charge in [0.1, 0.15) is 20.1 Å². The van der Waals surface area contributed by atoms with Crippen molar-refractivity contribution in [2.45, 2.75) is 71.1 Å². The molecule has 0 aliphatic rings. The molecular formula is C25H45NO2PS+. The first kappa shape index (κ1) is 29.2. The van der Waals surface area contributed by atoms with E-state index in [0.29, 0.717) is 13.0 Å². The highest BCUT2D eigenvalue weighted by Gasteiger charge is 2.11.